The molecule has 0 unspecified atom stereocenters. The summed E-state index contributed by atoms with van der Waals surface area (Å²) < 4.78 is 21.1. The van der Waals surface area contributed by atoms with Gasteiger partial charge in [0, 0.05) is 0 Å². The van der Waals surface area contributed by atoms with Crippen molar-refractivity contribution < 1.29 is 28.5 Å². The Morgan fingerprint density at radius 1 is 0.594 bits per heavy atom. The van der Waals surface area contributed by atoms with Gasteiger partial charge in [0.2, 0.25) is 0 Å². The second-order valence-corrected chi connectivity index (χ2v) is 8.18. The molecular weight excluding hydrogens is 408 g/mol. The molecule has 0 aliphatic carbocycles. The average molecular weight is 443 g/mol. The standard InChI is InChI=1S/C26H34O6/c1-17-9-19(3)23(20(4)10-17)13-31-25(27)15-29-7-8-30-16-26(28)32-14-24-21(5)11-18(2)12-22(24)6/h9-12H,7-8,13-16H2,1-6H3. The highest BCUT2D eigenvalue weighted by Gasteiger charge is 2.10. The molecule has 2 rings (SSSR count). The van der Waals surface area contributed by atoms with Crippen molar-refractivity contribution in [3.05, 3.63) is 68.8 Å². The molecule has 6 nitrogen and oxygen atoms in total. The van der Waals surface area contributed by atoms with Crippen LogP contribution in [0.4, 0.5) is 0 Å². The van der Waals surface area contributed by atoms with Gasteiger partial charge in [-0.3, -0.25) is 0 Å². The van der Waals surface area contributed by atoms with E-state index in [2.05, 4.69) is 24.3 Å². The van der Waals surface area contributed by atoms with Crippen molar-refractivity contribution in [3.8, 4) is 0 Å². The largest absolute Gasteiger partial charge is 0.459 e. The van der Waals surface area contributed by atoms with Crippen LogP contribution in [0.5, 0.6) is 0 Å². The molecule has 174 valence electrons. The summed E-state index contributed by atoms with van der Waals surface area (Å²) in [5.41, 5.74) is 8.80. The zero-order valence-corrected chi connectivity index (χ0v) is 20.0. The van der Waals surface area contributed by atoms with Gasteiger partial charge in [0.15, 0.2) is 0 Å². The van der Waals surface area contributed by atoms with Crippen LogP contribution in [0.1, 0.15) is 44.5 Å². The summed E-state index contributed by atoms with van der Waals surface area (Å²) in [4.78, 5) is 23.8. The minimum atomic E-state index is -0.437. The number of aryl methyl sites for hydroxylation is 6. The maximum absolute atomic E-state index is 11.9. The Labute approximate surface area is 190 Å². The molecule has 0 aromatic heterocycles. The Morgan fingerprint density at radius 3 is 1.22 bits per heavy atom. The number of carbonyl (C=O) groups is 2. The molecule has 0 N–H and O–H groups in total. The van der Waals surface area contributed by atoms with Gasteiger partial charge < -0.3 is 18.9 Å². The van der Waals surface area contributed by atoms with E-state index in [0.29, 0.717) is 0 Å². The first-order valence-corrected chi connectivity index (χ1v) is 10.8. The molecule has 0 bridgehead atoms. The van der Waals surface area contributed by atoms with Crippen LogP contribution in [-0.2, 0) is 41.8 Å². The van der Waals surface area contributed by atoms with Crippen LogP contribution < -0.4 is 0 Å². The van der Waals surface area contributed by atoms with Gasteiger partial charge >= 0.3 is 11.9 Å². The second-order valence-electron chi connectivity index (χ2n) is 8.18. The number of benzene rings is 2. The molecule has 0 saturated carbocycles. The third kappa shape index (κ3) is 8.09. The van der Waals surface area contributed by atoms with Crippen molar-refractivity contribution in [1.29, 1.82) is 0 Å². The number of ether oxygens (including phenoxy) is 4. The fourth-order valence-corrected chi connectivity index (χ4v) is 3.69. The van der Waals surface area contributed by atoms with Crippen molar-refractivity contribution in [2.75, 3.05) is 26.4 Å². The van der Waals surface area contributed by atoms with Gasteiger partial charge in [0.25, 0.3) is 0 Å². The zero-order chi connectivity index (χ0) is 23.7. The molecule has 2 aromatic rings. The third-order valence-electron chi connectivity index (χ3n) is 5.25. The quantitative estimate of drug-likeness (QED) is 0.380. The Morgan fingerprint density at radius 2 is 0.906 bits per heavy atom. The van der Waals surface area contributed by atoms with Crippen molar-refractivity contribution in [2.24, 2.45) is 0 Å². The summed E-state index contributed by atoms with van der Waals surface area (Å²) in [5.74, 6) is -0.875. The van der Waals surface area contributed by atoms with Crippen LogP contribution in [0.3, 0.4) is 0 Å². The minimum absolute atomic E-state index is 0.163. The summed E-state index contributed by atoms with van der Waals surface area (Å²) in [6, 6.07) is 8.27. The van der Waals surface area contributed by atoms with Crippen molar-refractivity contribution in [3.63, 3.8) is 0 Å². The van der Waals surface area contributed by atoms with Gasteiger partial charge in [-0.15, -0.1) is 0 Å². The first-order valence-electron chi connectivity index (χ1n) is 10.8. The van der Waals surface area contributed by atoms with Crippen molar-refractivity contribution in [2.45, 2.75) is 54.8 Å². The van der Waals surface area contributed by atoms with Crippen LogP contribution >= 0.6 is 0 Å². The van der Waals surface area contributed by atoms with Crippen LogP contribution in [-0.4, -0.2) is 38.4 Å². The fourth-order valence-electron chi connectivity index (χ4n) is 3.69. The van der Waals surface area contributed by atoms with E-state index in [9.17, 15) is 9.59 Å². The van der Waals surface area contributed by atoms with Gasteiger partial charge in [-0.25, -0.2) is 9.59 Å². The van der Waals surface area contributed by atoms with Crippen molar-refractivity contribution in [1.82, 2.24) is 0 Å². The fraction of sp³-hybridized carbons (Fsp3) is 0.462. The highest BCUT2D eigenvalue weighted by atomic mass is 16.6. The normalized spacial score (nSPS) is 10.8. The van der Waals surface area contributed by atoms with E-state index >= 15 is 0 Å². The summed E-state index contributed by atoms with van der Waals surface area (Å²) in [6.45, 7) is 12.6. The lowest BCUT2D eigenvalue weighted by Gasteiger charge is -2.12. The molecule has 0 aliphatic heterocycles. The van der Waals surface area contributed by atoms with E-state index in [1.54, 1.807) is 0 Å². The first-order chi connectivity index (χ1) is 15.2. The molecular formula is C26H34O6. The average Bonchev–Trinajstić information content (AvgIpc) is 2.68. The molecule has 0 amide bonds. The van der Waals surface area contributed by atoms with Gasteiger partial charge in [0.1, 0.15) is 26.4 Å². The van der Waals surface area contributed by atoms with Crippen molar-refractivity contribution >= 4 is 11.9 Å². The maximum Gasteiger partial charge on any atom is 0.332 e. The summed E-state index contributed by atoms with van der Waals surface area (Å²) >= 11 is 0. The highest BCUT2D eigenvalue weighted by molar-refractivity contribution is 5.71. The predicted molar refractivity (Wildman–Crippen MR) is 123 cm³/mol. The second kappa shape index (κ2) is 12.4. The Hall–Kier alpha value is -2.70. The molecule has 0 saturated heterocycles. The molecule has 0 heterocycles. The molecule has 6 heteroatoms. The van der Waals surface area contributed by atoms with Crippen LogP contribution in [0.15, 0.2) is 24.3 Å². The third-order valence-corrected chi connectivity index (χ3v) is 5.25. The lowest BCUT2D eigenvalue weighted by molar-refractivity contribution is -0.154. The minimum Gasteiger partial charge on any atom is -0.459 e. The van der Waals surface area contributed by atoms with E-state index in [1.165, 1.54) is 11.1 Å². The first kappa shape index (κ1) is 25.6. The van der Waals surface area contributed by atoms with Crippen LogP contribution in [0.2, 0.25) is 0 Å². The van der Waals surface area contributed by atoms with Gasteiger partial charge in [-0.2, -0.15) is 0 Å². The van der Waals surface area contributed by atoms with E-state index in [1.807, 2.05) is 41.5 Å². The molecule has 0 radical (unpaired) electrons. The highest BCUT2D eigenvalue weighted by Crippen LogP contribution is 2.18. The number of rotatable bonds is 11. The van der Waals surface area contributed by atoms with E-state index in [4.69, 9.17) is 18.9 Å². The van der Waals surface area contributed by atoms with Gasteiger partial charge in [0.05, 0.1) is 13.2 Å². The van der Waals surface area contributed by atoms with E-state index < -0.39 is 11.9 Å². The predicted octanol–water partition coefficient (Wildman–Crippen LogP) is 4.36. The Kier molecular flexibility index (Phi) is 9.88. The smallest absolute Gasteiger partial charge is 0.332 e. The number of carbonyl (C=O) groups excluding carboxylic acids is 2. The number of hydrogen-bond acceptors (Lipinski definition) is 6. The zero-order valence-electron chi connectivity index (χ0n) is 20.0. The molecule has 32 heavy (non-hydrogen) atoms. The lowest BCUT2D eigenvalue weighted by Crippen LogP contribution is -2.18. The number of esters is 2. The van der Waals surface area contributed by atoms with Crippen LogP contribution in [0, 0.1) is 41.5 Å². The molecule has 0 aliphatic rings. The lowest BCUT2D eigenvalue weighted by atomic mass is 10.0. The molecule has 2 aromatic carbocycles. The summed E-state index contributed by atoms with van der Waals surface area (Å²) in [6.07, 6.45) is 0. The van der Waals surface area contributed by atoms with E-state index in [0.717, 1.165) is 33.4 Å². The topological polar surface area (TPSA) is 71.1 Å². The monoisotopic (exact) mass is 442 g/mol. The van der Waals surface area contributed by atoms with E-state index in [-0.39, 0.29) is 39.6 Å². The molecule has 0 atom stereocenters. The Bertz CT molecular complexity index is 824. The molecule has 0 fully saturated rings. The summed E-state index contributed by atoms with van der Waals surface area (Å²) in [5, 5.41) is 0. The number of hydrogen-bond donors (Lipinski definition) is 0. The van der Waals surface area contributed by atoms with Gasteiger partial charge in [-0.1, -0.05) is 35.4 Å². The molecule has 0 spiro atoms. The van der Waals surface area contributed by atoms with Crippen LogP contribution in [0.25, 0.3) is 0 Å². The maximum atomic E-state index is 11.9. The summed E-state index contributed by atoms with van der Waals surface area (Å²) in [7, 11) is 0. The Balaban J connectivity index is 1.58. The SMILES string of the molecule is Cc1cc(C)c(COC(=O)COCCOCC(=O)OCc2c(C)cc(C)cc2C)c(C)c1. The van der Waals surface area contributed by atoms with Gasteiger partial charge in [-0.05, 0) is 74.9 Å².